The van der Waals surface area contributed by atoms with Gasteiger partial charge in [0.1, 0.15) is 6.04 Å². The maximum Gasteiger partial charge on any atom is 0.329 e. The number of nitrogens with one attached hydrogen (secondary N) is 1. The zero-order valence-corrected chi connectivity index (χ0v) is 14.8. The number of hydrogen-bond acceptors (Lipinski definition) is 4. The van der Waals surface area contributed by atoms with Crippen LogP contribution in [0.4, 0.5) is 0 Å². The fourth-order valence-corrected chi connectivity index (χ4v) is 3.32. The van der Waals surface area contributed by atoms with E-state index in [1.54, 1.807) is 0 Å². The van der Waals surface area contributed by atoms with E-state index < -0.39 is 12.0 Å². The molecule has 5 heteroatoms. The van der Waals surface area contributed by atoms with Crippen LogP contribution < -0.4 is 5.32 Å². The predicted molar refractivity (Wildman–Crippen MR) is 97.6 cm³/mol. The molecule has 0 aromatic heterocycles. The molecular weight excluding hydrogens is 330 g/mol. The van der Waals surface area contributed by atoms with E-state index in [0.29, 0.717) is 19.6 Å². The number of rotatable bonds is 6. The average Bonchev–Trinajstić information content (AvgIpc) is 3.23. The Hall–Kier alpha value is -2.66. The van der Waals surface area contributed by atoms with Crippen molar-refractivity contribution >= 4 is 11.9 Å². The fraction of sp³-hybridized carbons (Fsp3) is 0.333. The highest BCUT2D eigenvalue weighted by atomic mass is 16.5. The lowest BCUT2D eigenvalue weighted by atomic mass is 9.84. The topological polar surface area (TPSA) is 64.6 Å². The van der Waals surface area contributed by atoms with Crippen molar-refractivity contribution in [3.63, 3.8) is 0 Å². The summed E-state index contributed by atoms with van der Waals surface area (Å²) in [5.74, 6) is -1.20. The van der Waals surface area contributed by atoms with Crippen molar-refractivity contribution in [2.24, 2.45) is 5.92 Å². The van der Waals surface area contributed by atoms with Crippen molar-refractivity contribution in [2.75, 3.05) is 20.3 Å². The van der Waals surface area contributed by atoms with Gasteiger partial charge in [-0.2, -0.15) is 0 Å². The monoisotopic (exact) mass is 353 g/mol. The standard InChI is InChI=1S/C21H23NO4/c1-25-21(24)19(22-20(23)17-12-13-26-14-17)18(15-8-4-2-5-9-15)16-10-6-3-7-11-16/h2-11,17-19H,12-14H2,1H3,(H,22,23)/t17-,19+/m0/s1. The van der Waals surface area contributed by atoms with Crippen LogP contribution in [0.25, 0.3) is 0 Å². The molecule has 0 aliphatic carbocycles. The molecule has 1 aliphatic rings. The van der Waals surface area contributed by atoms with Gasteiger partial charge in [0.2, 0.25) is 5.91 Å². The van der Waals surface area contributed by atoms with Gasteiger partial charge in [0.15, 0.2) is 0 Å². The first-order valence-corrected chi connectivity index (χ1v) is 8.76. The summed E-state index contributed by atoms with van der Waals surface area (Å²) in [6.07, 6.45) is 0.668. The third kappa shape index (κ3) is 4.11. The molecule has 1 N–H and O–H groups in total. The Morgan fingerprint density at radius 2 is 1.62 bits per heavy atom. The van der Waals surface area contributed by atoms with Crippen LogP contribution in [0.1, 0.15) is 23.5 Å². The summed E-state index contributed by atoms with van der Waals surface area (Å²) >= 11 is 0. The van der Waals surface area contributed by atoms with Gasteiger partial charge in [0.25, 0.3) is 0 Å². The highest BCUT2D eigenvalue weighted by molar-refractivity contribution is 5.87. The summed E-state index contributed by atoms with van der Waals surface area (Å²) in [5.41, 5.74) is 1.88. The van der Waals surface area contributed by atoms with Crippen LogP contribution in [0.2, 0.25) is 0 Å². The molecule has 3 rings (SSSR count). The fourth-order valence-electron chi connectivity index (χ4n) is 3.32. The van der Waals surface area contributed by atoms with Gasteiger partial charge in [-0.05, 0) is 17.5 Å². The van der Waals surface area contributed by atoms with E-state index in [1.165, 1.54) is 7.11 Å². The lowest BCUT2D eigenvalue weighted by Gasteiger charge is -2.28. The number of carbonyl (C=O) groups excluding carboxylic acids is 2. The smallest absolute Gasteiger partial charge is 0.329 e. The molecular formula is C21H23NO4. The molecule has 2 atom stereocenters. The first-order chi connectivity index (χ1) is 12.7. The van der Waals surface area contributed by atoms with E-state index >= 15 is 0 Å². The molecule has 0 saturated carbocycles. The maximum atomic E-state index is 12.6. The Morgan fingerprint density at radius 3 is 2.08 bits per heavy atom. The quantitative estimate of drug-likeness (QED) is 0.811. The number of ether oxygens (including phenoxy) is 2. The van der Waals surface area contributed by atoms with E-state index in [2.05, 4.69) is 5.32 Å². The maximum absolute atomic E-state index is 12.6. The molecule has 1 saturated heterocycles. The third-order valence-corrected chi connectivity index (χ3v) is 4.70. The predicted octanol–water partition coefficient (Wildman–Crippen LogP) is 2.51. The van der Waals surface area contributed by atoms with Gasteiger partial charge < -0.3 is 14.8 Å². The van der Waals surface area contributed by atoms with Crippen molar-refractivity contribution in [2.45, 2.75) is 18.4 Å². The van der Waals surface area contributed by atoms with Crippen molar-refractivity contribution in [1.82, 2.24) is 5.32 Å². The van der Waals surface area contributed by atoms with Gasteiger partial charge in [0, 0.05) is 12.5 Å². The summed E-state index contributed by atoms with van der Waals surface area (Å²) in [7, 11) is 1.34. The minimum Gasteiger partial charge on any atom is -0.467 e. The summed E-state index contributed by atoms with van der Waals surface area (Å²) < 4.78 is 10.3. The molecule has 5 nitrogen and oxygen atoms in total. The Labute approximate surface area is 153 Å². The van der Waals surface area contributed by atoms with Crippen LogP contribution in [0.3, 0.4) is 0 Å². The van der Waals surface area contributed by atoms with Crippen molar-refractivity contribution in [3.8, 4) is 0 Å². The number of carbonyl (C=O) groups is 2. The zero-order chi connectivity index (χ0) is 18.4. The van der Waals surface area contributed by atoms with Crippen LogP contribution in [0, 0.1) is 5.92 Å². The Balaban J connectivity index is 1.96. The first-order valence-electron chi connectivity index (χ1n) is 8.76. The van der Waals surface area contributed by atoms with Gasteiger partial charge in [-0.15, -0.1) is 0 Å². The minimum absolute atomic E-state index is 0.172. The Morgan fingerprint density at radius 1 is 1.04 bits per heavy atom. The van der Waals surface area contributed by atoms with Gasteiger partial charge in [0.05, 0.1) is 19.6 Å². The van der Waals surface area contributed by atoms with Crippen molar-refractivity contribution in [1.29, 1.82) is 0 Å². The molecule has 1 amide bonds. The second-order valence-electron chi connectivity index (χ2n) is 6.37. The van der Waals surface area contributed by atoms with Crippen LogP contribution in [-0.4, -0.2) is 38.2 Å². The average molecular weight is 353 g/mol. The SMILES string of the molecule is COC(=O)[C@H](NC(=O)[C@H]1CCOC1)C(c1ccccc1)c1ccccc1. The summed E-state index contributed by atoms with van der Waals surface area (Å²) in [6.45, 7) is 0.961. The van der Waals surface area contributed by atoms with Crippen LogP contribution in [0.5, 0.6) is 0 Å². The second kappa shape index (κ2) is 8.63. The zero-order valence-electron chi connectivity index (χ0n) is 14.8. The van der Waals surface area contributed by atoms with E-state index in [4.69, 9.17) is 9.47 Å². The first kappa shape index (κ1) is 18.1. The van der Waals surface area contributed by atoms with Gasteiger partial charge >= 0.3 is 5.97 Å². The van der Waals surface area contributed by atoms with Gasteiger partial charge in [-0.3, -0.25) is 4.79 Å². The van der Waals surface area contributed by atoms with E-state index in [-0.39, 0.29) is 17.7 Å². The molecule has 0 radical (unpaired) electrons. The molecule has 136 valence electrons. The number of esters is 1. The third-order valence-electron chi connectivity index (χ3n) is 4.70. The largest absolute Gasteiger partial charge is 0.467 e. The van der Waals surface area contributed by atoms with E-state index in [9.17, 15) is 9.59 Å². The van der Waals surface area contributed by atoms with Crippen molar-refractivity contribution in [3.05, 3.63) is 71.8 Å². The molecule has 0 spiro atoms. The van der Waals surface area contributed by atoms with Gasteiger partial charge in [-0.25, -0.2) is 4.79 Å². The normalized spacial score (nSPS) is 17.7. The summed E-state index contributed by atoms with van der Waals surface area (Å²) in [6, 6.07) is 18.6. The molecule has 1 aliphatic heterocycles. The highest BCUT2D eigenvalue weighted by Gasteiger charge is 2.35. The number of benzene rings is 2. The van der Waals surface area contributed by atoms with Crippen LogP contribution in [0.15, 0.2) is 60.7 Å². The van der Waals surface area contributed by atoms with E-state index in [1.807, 2.05) is 60.7 Å². The highest BCUT2D eigenvalue weighted by Crippen LogP contribution is 2.29. The Bertz CT molecular complexity index is 687. The summed E-state index contributed by atoms with van der Waals surface area (Å²) in [4.78, 5) is 25.2. The number of hydrogen-bond donors (Lipinski definition) is 1. The molecule has 1 heterocycles. The second-order valence-corrected chi connectivity index (χ2v) is 6.37. The molecule has 0 bridgehead atoms. The Kier molecular flexibility index (Phi) is 6.02. The number of methoxy groups -OCH3 is 1. The molecule has 26 heavy (non-hydrogen) atoms. The van der Waals surface area contributed by atoms with Gasteiger partial charge in [-0.1, -0.05) is 60.7 Å². The van der Waals surface area contributed by atoms with E-state index in [0.717, 1.165) is 11.1 Å². The lowest BCUT2D eigenvalue weighted by Crippen LogP contribution is -2.48. The minimum atomic E-state index is -0.808. The molecule has 1 fully saturated rings. The molecule has 2 aromatic carbocycles. The lowest BCUT2D eigenvalue weighted by molar-refractivity contribution is -0.146. The summed E-state index contributed by atoms with van der Waals surface area (Å²) in [5, 5.41) is 2.91. The van der Waals surface area contributed by atoms with Crippen LogP contribution >= 0.6 is 0 Å². The molecule has 0 unspecified atom stereocenters. The number of amides is 1. The van der Waals surface area contributed by atoms with Crippen LogP contribution in [-0.2, 0) is 19.1 Å². The van der Waals surface area contributed by atoms with Crippen molar-refractivity contribution < 1.29 is 19.1 Å². The molecule has 2 aromatic rings.